The normalized spacial score (nSPS) is 19.9. The fourth-order valence-electron chi connectivity index (χ4n) is 5.71. The van der Waals surface area contributed by atoms with Gasteiger partial charge in [0.15, 0.2) is 0 Å². The summed E-state index contributed by atoms with van der Waals surface area (Å²) in [6, 6.07) is 6.09. The van der Waals surface area contributed by atoms with E-state index in [1.54, 1.807) is 0 Å². The zero-order valence-corrected chi connectivity index (χ0v) is 19.3. The Balaban J connectivity index is 1.27. The predicted molar refractivity (Wildman–Crippen MR) is 126 cm³/mol. The molecular weight excluding hydrogens is 398 g/mol. The van der Waals surface area contributed by atoms with Crippen molar-refractivity contribution in [1.29, 1.82) is 0 Å². The molecule has 0 aromatic carbocycles. The second-order valence-electron chi connectivity index (χ2n) is 9.83. The quantitative estimate of drug-likeness (QED) is 0.699. The number of hydrogen-bond acceptors (Lipinski definition) is 5. The van der Waals surface area contributed by atoms with Crippen LogP contribution in [0.2, 0.25) is 0 Å². The highest BCUT2D eigenvalue weighted by Crippen LogP contribution is 2.34. The number of carbonyl (C=O) groups is 1. The smallest absolute Gasteiger partial charge is 0.222 e. The first-order chi connectivity index (χ1) is 15.7. The van der Waals surface area contributed by atoms with E-state index in [4.69, 9.17) is 9.97 Å². The number of anilines is 1. The highest BCUT2D eigenvalue weighted by molar-refractivity contribution is 5.76. The molecule has 3 aliphatic rings. The second kappa shape index (κ2) is 9.55. The van der Waals surface area contributed by atoms with Crippen molar-refractivity contribution in [2.75, 3.05) is 24.5 Å². The largest absolute Gasteiger partial charge is 0.350 e. The van der Waals surface area contributed by atoms with E-state index in [1.165, 1.54) is 31.2 Å². The maximum Gasteiger partial charge on any atom is 0.222 e. The zero-order valence-electron chi connectivity index (χ0n) is 19.3. The van der Waals surface area contributed by atoms with Gasteiger partial charge in [-0.15, -0.1) is 0 Å². The Bertz CT molecular complexity index is 933. The van der Waals surface area contributed by atoms with Crippen molar-refractivity contribution in [2.24, 2.45) is 5.92 Å². The fraction of sp³-hybridized carbons (Fsp3) is 0.615. The summed E-state index contributed by atoms with van der Waals surface area (Å²) in [5.41, 5.74) is 3.49. The molecule has 0 radical (unpaired) electrons. The van der Waals surface area contributed by atoms with Gasteiger partial charge >= 0.3 is 0 Å². The maximum absolute atomic E-state index is 12.7. The highest BCUT2D eigenvalue weighted by Gasteiger charge is 2.30. The fourth-order valence-corrected chi connectivity index (χ4v) is 5.71. The van der Waals surface area contributed by atoms with E-state index in [0.717, 1.165) is 81.3 Å². The van der Waals surface area contributed by atoms with Crippen molar-refractivity contribution in [3.8, 4) is 0 Å². The van der Waals surface area contributed by atoms with Crippen LogP contribution in [0.5, 0.6) is 0 Å². The number of pyridine rings is 1. The minimum absolute atomic E-state index is 0.341. The van der Waals surface area contributed by atoms with Crippen molar-refractivity contribution in [3.63, 3.8) is 0 Å². The van der Waals surface area contributed by atoms with Gasteiger partial charge in [-0.2, -0.15) is 0 Å². The van der Waals surface area contributed by atoms with Crippen molar-refractivity contribution < 1.29 is 4.79 Å². The molecule has 0 atom stereocenters. The number of aryl methyl sites for hydroxylation is 1. The van der Waals surface area contributed by atoms with Gasteiger partial charge in [0.1, 0.15) is 11.6 Å². The highest BCUT2D eigenvalue weighted by atomic mass is 16.2. The van der Waals surface area contributed by atoms with Crippen LogP contribution in [-0.4, -0.2) is 45.4 Å². The van der Waals surface area contributed by atoms with E-state index in [-0.39, 0.29) is 0 Å². The van der Waals surface area contributed by atoms with E-state index in [2.05, 4.69) is 27.8 Å². The summed E-state index contributed by atoms with van der Waals surface area (Å²) in [6.45, 7) is 5.61. The minimum Gasteiger partial charge on any atom is -0.350 e. The summed E-state index contributed by atoms with van der Waals surface area (Å²) >= 11 is 0. The minimum atomic E-state index is 0.341. The number of likely N-dealkylation sites (tertiary alicyclic amines) is 1. The number of fused-ring (bicyclic) bond motifs is 1. The van der Waals surface area contributed by atoms with Crippen molar-refractivity contribution in [1.82, 2.24) is 19.9 Å². The third kappa shape index (κ3) is 4.64. The SMILES string of the molecule is Cc1nc(C2CCN(C(=O)CC3CCCC3)CC2)nc2c1CCCN2Cc1ccccn1. The van der Waals surface area contributed by atoms with E-state index in [9.17, 15) is 4.79 Å². The van der Waals surface area contributed by atoms with Crippen LogP contribution in [0.15, 0.2) is 24.4 Å². The number of carbonyl (C=O) groups excluding carboxylic acids is 1. The van der Waals surface area contributed by atoms with Crippen LogP contribution in [0.25, 0.3) is 0 Å². The molecule has 6 nitrogen and oxygen atoms in total. The predicted octanol–water partition coefficient (Wildman–Crippen LogP) is 4.42. The Labute approximate surface area is 191 Å². The summed E-state index contributed by atoms with van der Waals surface area (Å²) in [7, 11) is 0. The molecule has 0 bridgehead atoms. The second-order valence-corrected chi connectivity index (χ2v) is 9.83. The lowest BCUT2D eigenvalue weighted by molar-refractivity contribution is -0.133. The molecule has 2 fully saturated rings. The van der Waals surface area contributed by atoms with Gasteiger partial charge < -0.3 is 9.80 Å². The number of nitrogens with zero attached hydrogens (tertiary/aromatic N) is 5. The molecule has 1 saturated heterocycles. The number of rotatable bonds is 5. The van der Waals surface area contributed by atoms with Crippen molar-refractivity contribution in [2.45, 2.75) is 77.2 Å². The van der Waals surface area contributed by atoms with Gasteiger partial charge in [0, 0.05) is 49.4 Å². The van der Waals surface area contributed by atoms with Crippen LogP contribution >= 0.6 is 0 Å². The molecule has 4 heterocycles. The lowest BCUT2D eigenvalue weighted by Gasteiger charge is -2.34. The molecule has 6 heteroatoms. The van der Waals surface area contributed by atoms with Gasteiger partial charge in [-0.25, -0.2) is 9.97 Å². The molecule has 2 aliphatic heterocycles. The Morgan fingerprint density at radius 3 is 2.59 bits per heavy atom. The first kappa shape index (κ1) is 21.4. The summed E-state index contributed by atoms with van der Waals surface area (Å²) < 4.78 is 0. The van der Waals surface area contributed by atoms with Crippen LogP contribution < -0.4 is 4.90 Å². The standard InChI is InChI=1S/C26H35N5O/c1-19-23-10-6-14-31(18-22-9-4-5-13-27-22)26(23)29-25(28-19)21-11-15-30(16-12-21)24(32)17-20-7-2-3-8-20/h4-5,9,13,20-21H,2-3,6-8,10-12,14-18H2,1H3. The van der Waals surface area contributed by atoms with Crippen LogP contribution in [-0.2, 0) is 17.8 Å². The van der Waals surface area contributed by atoms with Gasteiger partial charge in [0.25, 0.3) is 0 Å². The molecule has 0 unspecified atom stereocenters. The molecule has 32 heavy (non-hydrogen) atoms. The van der Waals surface area contributed by atoms with Crippen LogP contribution in [0.1, 0.15) is 80.1 Å². The molecule has 170 valence electrons. The molecule has 2 aromatic rings. The van der Waals surface area contributed by atoms with Crippen molar-refractivity contribution >= 4 is 11.7 Å². The molecular formula is C26H35N5O. The maximum atomic E-state index is 12.7. The van der Waals surface area contributed by atoms with Crippen LogP contribution in [0.4, 0.5) is 5.82 Å². The van der Waals surface area contributed by atoms with Gasteiger partial charge in [0.05, 0.1) is 12.2 Å². The Kier molecular flexibility index (Phi) is 6.37. The molecule has 5 rings (SSSR count). The average Bonchev–Trinajstić information content (AvgIpc) is 3.33. The van der Waals surface area contributed by atoms with Crippen LogP contribution in [0.3, 0.4) is 0 Å². The molecule has 0 N–H and O–H groups in total. The third-order valence-electron chi connectivity index (χ3n) is 7.59. The number of hydrogen-bond donors (Lipinski definition) is 0. The average molecular weight is 434 g/mol. The third-order valence-corrected chi connectivity index (χ3v) is 7.59. The Hall–Kier alpha value is -2.50. The van der Waals surface area contributed by atoms with E-state index in [0.29, 0.717) is 17.7 Å². The lowest BCUT2D eigenvalue weighted by Crippen LogP contribution is -2.39. The molecule has 1 amide bonds. The van der Waals surface area contributed by atoms with E-state index < -0.39 is 0 Å². The molecule has 1 aliphatic carbocycles. The van der Waals surface area contributed by atoms with Crippen LogP contribution in [0, 0.1) is 12.8 Å². The van der Waals surface area contributed by atoms with Gasteiger partial charge in [0.2, 0.25) is 5.91 Å². The topological polar surface area (TPSA) is 62.2 Å². The summed E-state index contributed by atoms with van der Waals surface area (Å²) in [5, 5.41) is 0. The summed E-state index contributed by atoms with van der Waals surface area (Å²) in [4.78, 5) is 31.8. The van der Waals surface area contributed by atoms with Gasteiger partial charge in [-0.05, 0) is 63.5 Å². The molecule has 1 saturated carbocycles. The lowest BCUT2D eigenvalue weighted by atomic mass is 9.94. The van der Waals surface area contributed by atoms with Gasteiger partial charge in [-0.1, -0.05) is 18.9 Å². The Morgan fingerprint density at radius 2 is 1.84 bits per heavy atom. The number of piperidine rings is 1. The number of amides is 1. The first-order valence-corrected chi connectivity index (χ1v) is 12.5. The monoisotopic (exact) mass is 433 g/mol. The zero-order chi connectivity index (χ0) is 21.9. The first-order valence-electron chi connectivity index (χ1n) is 12.5. The van der Waals surface area contributed by atoms with E-state index >= 15 is 0 Å². The summed E-state index contributed by atoms with van der Waals surface area (Å²) in [6.07, 6.45) is 11.8. The van der Waals surface area contributed by atoms with E-state index in [1.807, 2.05) is 18.3 Å². The number of aromatic nitrogens is 3. The Morgan fingerprint density at radius 1 is 1.03 bits per heavy atom. The molecule has 0 spiro atoms. The van der Waals surface area contributed by atoms with Crippen molar-refractivity contribution in [3.05, 3.63) is 47.2 Å². The van der Waals surface area contributed by atoms with Gasteiger partial charge in [-0.3, -0.25) is 9.78 Å². The summed E-state index contributed by atoms with van der Waals surface area (Å²) in [5.74, 6) is 3.39. The molecule has 2 aromatic heterocycles.